The van der Waals surface area contributed by atoms with Gasteiger partial charge in [-0.15, -0.1) is 0 Å². The minimum atomic E-state index is -1.73. The minimum absolute atomic E-state index is 0.0306. The summed E-state index contributed by atoms with van der Waals surface area (Å²) >= 11 is 6.25. The van der Waals surface area contributed by atoms with Gasteiger partial charge in [-0.3, -0.25) is 14.5 Å². The van der Waals surface area contributed by atoms with Crippen LogP contribution < -0.4 is 19.7 Å². The van der Waals surface area contributed by atoms with Crippen molar-refractivity contribution in [2.75, 3.05) is 24.4 Å². The fourth-order valence-electron chi connectivity index (χ4n) is 5.76. The van der Waals surface area contributed by atoms with Gasteiger partial charge in [-0.2, -0.15) is 0 Å². The summed E-state index contributed by atoms with van der Waals surface area (Å²) in [6.45, 7) is 3.87. The number of carbonyl (C=O) groups excluding carboxylic acids is 2. The fourth-order valence-corrected chi connectivity index (χ4v) is 5.93. The lowest BCUT2D eigenvalue weighted by molar-refractivity contribution is -0.119. The van der Waals surface area contributed by atoms with Gasteiger partial charge in [-0.05, 0) is 30.2 Å². The van der Waals surface area contributed by atoms with Crippen LogP contribution >= 0.6 is 11.6 Å². The number of fused-ring (bicyclic) bond motifs is 4. The molecule has 0 aliphatic carbocycles. The van der Waals surface area contributed by atoms with Gasteiger partial charge in [0.2, 0.25) is 5.88 Å². The molecule has 0 radical (unpaired) electrons. The third-order valence-electron chi connectivity index (χ3n) is 7.34. The van der Waals surface area contributed by atoms with E-state index in [-0.39, 0.29) is 17.2 Å². The number of hydrogen-bond donors (Lipinski definition) is 1. The minimum Gasteiger partial charge on any atom is -0.494 e. The van der Waals surface area contributed by atoms with E-state index in [2.05, 4.69) is 10.3 Å². The molecule has 4 heterocycles. The van der Waals surface area contributed by atoms with Gasteiger partial charge in [0.1, 0.15) is 11.4 Å². The van der Waals surface area contributed by atoms with E-state index in [9.17, 15) is 18.4 Å². The maximum Gasteiger partial charge on any atom is 0.261 e. The molecule has 0 unspecified atom stereocenters. The number of carbonyl (C=O) groups is 2. The molecule has 0 fully saturated rings. The Kier molecular flexibility index (Phi) is 5.85. The zero-order valence-electron chi connectivity index (χ0n) is 21.9. The highest BCUT2D eigenvalue weighted by Crippen LogP contribution is 2.56. The number of hydrogen-bond acceptors (Lipinski definition) is 5. The molecule has 2 aromatic heterocycles. The molecule has 1 atom stereocenters. The molecule has 1 spiro atoms. The van der Waals surface area contributed by atoms with Crippen molar-refractivity contribution in [3.63, 3.8) is 0 Å². The van der Waals surface area contributed by atoms with Crippen LogP contribution in [0.4, 0.5) is 20.2 Å². The molecular formula is C29H23ClF2N4O4. The number of anilines is 2. The highest BCUT2D eigenvalue weighted by Gasteiger charge is 2.63. The standard InChI is InChI=1S/C29H23ClF2N4O4/c1-14(2)26-25-17(13-35(26)22-12-33-24(40-4)11-23(22)39-3)27(37)36(16-6-8-19(31)20(32)10-16)29(25)18-7-5-15(30)9-21(18)34-28(29)38/h5-14H,1-4H3,(H,34,38)/t29-/m0/s1. The van der Waals surface area contributed by atoms with E-state index in [0.29, 0.717) is 44.8 Å². The smallest absolute Gasteiger partial charge is 0.261 e. The van der Waals surface area contributed by atoms with Gasteiger partial charge in [0.25, 0.3) is 11.8 Å². The van der Waals surface area contributed by atoms with E-state index in [1.807, 2.05) is 13.8 Å². The van der Waals surface area contributed by atoms with E-state index >= 15 is 0 Å². The Hall–Kier alpha value is -4.44. The molecular weight excluding hydrogens is 542 g/mol. The van der Waals surface area contributed by atoms with E-state index in [4.69, 9.17) is 21.1 Å². The highest BCUT2D eigenvalue weighted by molar-refractivity contribution is 6.31. The number of rotatable bonds is 5. The lowest BCUT2D eigenvalue weighted by Crippen LogP contribution is -2.50. The average molecular weight is 565 g/mol. The summed E-state index contributed by atoms with van der Waals surface area (Å²) < 4.78 is 41.1. The molecule has 8 nitrogen and oxygen atoms in total. The summed E-state index contributed by atoms with van der Waals surface area (Å²) in [5.74, 6) is -2.74. The summed E-state index contributed by atoms with van der Waals surface area (Å²) in [6, 6.07) is 9.64. The van der Waals surface area contributed by atoms with E-state index in [0.717, 1.165) is 12.1 Å². The first-order valence-electron chi connectivity index (χ1n) is 12.4. The van der Waals surface area contributed by atoms with Crippen LogP contribution in [0.1, 0.15) is 46.9 Å². The summed E-state index contributed by atoms with van der Waals surface area (Å²) in [5.41, 5.74) is 0.986. The lowest BCUT2D eigenvalue weighted by atomic mass is 9.81. The predicted octanol–water partition coefficient (Wildman–Crippen LogP) is 5.80. The topological polar surface area (TPSA) is 85.7 Å². The Morgan fingerprint density at radius 1 is 1.02 bits per heavy atom. The fraction of sp³-hybridized carbons (Fsp3) is 0.207. The van der Waals surface area contributed by atoms with Crippen LogP contribution in [0.3, 0.4) is 0 Å². The number of nitrogens with one attached hydrogen (secondary N) is 1. The molecule has 204 valence electrons. The Morgan fingerprint density at radius 3 is 2.48 bits per heavy atom. The van der Waals surface area contributed by atoms with Crippen molar-refractivity contribution in [1.82, 2.24) is 9.55 Å². The van der Waals surface area contributed by atoms with Gasteiger partial charge in [-0.25, -0.2) is 13.8 Å². The molecule has 2 amide bonds. The summed E-state index contributed by atoms with van der Waals surface area (Å²) in [4.78, 5) is 34.0. The number of ether oxygens (including phenoxy) is 2. The molecule has 2 aliphatic rings. The number of pyridine rings is 1. The molecule has 6 rings (SSSR count). The van der Waals surface area contributed by atoms with Crippen molar-refractivity contribution in [2.45, 2.75) is 25.3 Å². The van der Waals surface area contributed by atoms with Gasteiger partial charge in [0, 0.05) is 51.5 Å². The van der Waals surface area contributed by atoms with Gasteiger partial charge >= 0.3 is 0 Å². The molecule has 2 aliphatic heterocycles. The van der Waals surface area contributed by atoms with Crippen molar-refractivity contribution in [1.29, 1.82) is 0 Å². The van der Waals surface area contributed by atoms with Crippen LogP contribution in [0.15, 0.2) is 54.9 Å². The summed E-state index contributed by atoms with van der Waals surface area (Å²) in [7, 11) is 3.00. The quantitative estimate of drug-likeness (QED) is 0.331. The molecule has 0 saturated heterocycles. The first-order chi connectivity index (χ1) is 19.1. The Morgan fingerprint density at radius 2 is 1.80 bits per heavy atom. The normalized spacial score (nSPS) is 17.4. The van der Waals surface area contributed by atoms with Crippen LogP contribution in [0.2, 0.25) is 5.02 Å². The highest BCUT2D eigenvalue weighted by atomic mass is 35.5. The molecule has 1 N–H and O–H groups in total. The number of amides is 2. The van der Waals surface area contributed by atoms with Crippen LogP contribution in [0.25, 0.3) is 5.69 Å². The molecule has 0 bridgehead atoms. The average Bonchev–Trinajstić information content (AvgIpc) is 3.53. The first kappa shape index (κ1) is 25.8. The number of benzene rings is 2. The molecule has 11 heteroatoms. The first-order valence-corrected chi connectivity index (χ1v) is 12.8. The zero-order chi connectivity index (χ0) is 28.5. The second-order valence-corrected chi connectivity index (χ2v) is 10.3. The predicted molar refractivity (Wildman–Crippen MR) is 145 cm³/mol. The monoisotopic (exact) mass is 564 g/mol. The van der Waals surface area contributed by atoms with Crippen molar-refractivity contribution in [3.8, 4) is 17.3 Å². The number of halogens is 3. The molecule has 0 saturated carbocycles. The Balaban J connectivity index is 1.71. The number of aromatic nitrogens is 2. The summed E-state index contributed by atoms with van der Waals surface area (Å²) in [6.07, 6.45) is 3.19. The van der Waals surface area contributed by atoms with Gasteiger partial charge in [-0.1, -0.05) is 31.5 Å². The lowest BCUT2D eigenvalue weighted by Gasteiger charge is -2.36. The third kappa shape index (κ3) is 3.38. The largest absolute Gasteiger partial charge is 0.494 e. The van der Waals surface area contributed by atoms with E-state index in [1.165, 1.54) is 25.2 Å². The van der Waals surface area contributed by atoms with Gasteiger partial charge in [0.15, 0.2) is 17.2 Å². The van der Waals surface area contributed by atoms with Crippen LogP contribution in [-0.4, -0.2) is 35.6 Å². The Bertz CT molecular complexity index is 1740. The van der Waals surface area contributed by atoms with Crippen molar-refractivity contribution >= 4 is 34.8 Å². The molecule has 4 aromatic rings. The van der Waals surface area contributed by atoms with E-state index < -0.39 is 29.0 Å². The third-order valence-corrected chi connectivity index (χ3v) is 7.58. The SMILES string of the molecule is COc1cc(OC)c(-n2cc3c(c2C(C)C)[C@@]2(C(=O)Nc4cc(Cl)ccc42)N(c2ccc(F)c(F)c2)C3=O)cn1. The number of nitrogens with zero attached hydrogens (tertiary/aromatic N) is 3. The van der Waals surface area contributed by atoms with E-state index in [1.54, 1.807) is 41.2 Å². The van der Waals surface area contributed by atoms with Crippen molar-refractivity contribution in [3.05, 3.63) is 93.9 Å². The van der Waals surface area contributed by atoms with Crippen LogP contribution in [-0.2, 0) is 10.3 Å². The van der Waals surface area contributed by atoms with Gasteiger partial charge in [0.05, 0.1) is 26.0 Å². The maximum absolute atomic E-state index is 14.5. The summed E-state index contributed by atoms with van der Waals surface area (Å²) in [5, 5.41) is 3.25. The molecule has 2 aromatic carbocycles. The van der Waals surface area contributed by atoms with Crippen molar-refractivity contribution < 1.29 is 27.8 Å². The van der Waals surface area contributed by atoms with Crippen LogP contribution in [0, 0.1) is 11.6 Å². The second-order valence-electron chi connectivity index (χ2n) is 9.82. The molecule has 40 heavy (non-hydrogen) atoms. The van der Waals surface area contributed by atoms with Crippen LogP contribution in [0.5, 0.6) is 11.6 Å². The van der Waals surface area contributed by atoms with Gasteiger partial charge < -0.3 is 19.4 Å². The Labute approximate surface area is 233 Å². The number of methoxy groups -OCH3 is 2. The van der Waals surface area contributed by atoms with Crippen molar-refractivity contribution in [2.24, 2.45) is 0 Å². The maximum atomic E-state index is 14.5. The second kappa shape index (κ2) is 9.06. The zero-order valence-corrected chi connectivity index (χ0v) is 22.6.